The molecule has 0 aromatic carbocycles. The molecule has 1 unspecified atom stereocenters. The Labute approximate surface area is 154 Å². The average Bonchev–Trinajstić information content (AvgIpc) is 3.19. The van der Waals surface area contributed by atoms with E-state index >= 15 is 0 Å². The van der Waals surface area contributed by atoms with Gasteiger partial charge in [0.15, 0.2) is 5.69 Å². The first kappa shape index (κ1) is 17.3. The van der Waals surface area contributed by atoms with Crippen molar-refractivity contribution in [2.75, 3.05) is 13.1 Å². The zero-order valence-electron chi connectivity index (χ0n) is 15.5. The van der Waals surface area contributed by atoms with Gasteiger partial charge >= 0.3 is 0 Å². The third-order valence-electron chi connectivity index (χ3n) is 5.70. The van der Waals surface area contributed by atoms with Gasteiger partial charge in [-0.25, -0.2) is 0 Å². The van der Waals surface area contributed by atoms with Gasteiger partial charge < -0.3 is 14.6 Å². The van der Waals surface area contributed by atoms with Gasteiger partial charge in [0.1, 0.15) is 5.76 Å². The van der Waals surface area contributed by atoms with E-state index in [4.69, 9.17) is 4.42 Å². The molecule has 1 saturated heterocycles. The monoisotopic (exact) mass is 356 g/mol. The highest BCUT2D eigenvalue weighted by Gasteiger charge is 2.30. The van der Waals surface area contributed by atoms with E-state index in [1.165, 1.54) is 18.5 Å². The van der Waals surface area contributed by atoms with Crippen LogP contribution in [0.15, 0.2) is 22.8 Å². The molecule has 0 radical (unpaired) electrons. The first-order chi connectivity index (χ1) is 12.7. The van der Waals surface area contributed by atoms with Crippen molar-refractivity contribution in [2.24, 2.45) is 7.05 Å². The van der Waals surface area contributed by atoms with Gasteiger partial charge in [-0.05, 0) is 44.2 Å². The number of hydrogen-bond acceptors (Lipinski definition) is 4. The van der Waals surface area contributed by atoms with Crippen molar-refractivity contribution in [1.29, 1.82) is 0 Å². The number of nitrogens with one attached hydrogen (secondary N) is 1. The lowest BCUT2D eigenvalue weighted by atomic mass is 9.91. The highest BCUT2D eigenvalue weighted by atomic mass is 16.3. The van der Waals surface area contributed by atoms with Crippen molar-refractivity contribution in [1.82, 2.24) is 20.0 Å². The topological polar surface area (TPSA) is 63.3 Å². The largest absolute Gasteiger partial charge is 0.468 e. The molecule has 6 nitrogen and oxygen atoms in total. The second kappa shape index (κ2) is 7.66. The maximum atomic E-state index is 13.1. The zero-order valence-corrected chi connectivity index (χ0v) is 15.5. The Bertz CT molecular complexity index is 742. The van der Waals surface area contributed by atoms with Crippen LogP contribution in [0.1, 0.15) is 59.6 Å². The summed E-state index contributed by atoms with van der Waals surface area (Å²) in [4.78, 5) is 15.1. The summed E-state index contributed by atoms with van der Waals surface area (Å²) < 4.78 is 7.33. The molecule has 0 bridgehead atoms. The molecule has 0 spiro atoms. The molecule has 1 fully saturated rings. The van der Waals surface area contributed by atoms with Crippen LogP contribution in [0.4, 0.5) is 0 Å². The standard InChI is InChI=1S/C20H28N4O2/c1-23-18-9-8-15(21-14-16-7-6-12-26-16)13-17(18)19(22-23)20(25)24-10-4-2-3-5-11-24/h6-7,12,15,21H,2-5,8-11,13-14H2,1H3. The predicted molar refractivity (Wildman–Crippen MR) is 98.9 cm³/mol. The molecule has 1 aliphatic carbocycles. The van der Waals surface area contributed by atoms with E-state index in [2.05, 4.69) is 10.4 Å². The molecule has 4 rings (SSSR count). The number of likely N-dealkylation sites (tertiary alicyclic amines) is 1. The van der Waals surface area contributed by atoms with Gasteiger partial charge in [0, 0.05) is 37.4 Å². The van der Waals surface area contributed by atoms with Gasteiger partial charge in [-0.3, -0.25) is 9.48 Å². The number of aryl methyl sites for hydroxylation is 1. The molecule has 2 aromatic rings. The number of amides is 1. The van der Waals surface area contributed by atoms with Crippen LogP contribution in [0.3, 0.4) is 0 Å². The van der Waals surface area contributed by atoms with Gasteiger partial charge in [-0.2, -0.15) is 5.10 Å². The van der Waals surface area contributed by atoms with E-state index in [-0.39, 0.29) is 5.91 Å². The van der Waals surface area contributed by atoms with Crippen LogP contribution < -0.4 is 5.32 Å². The quantitative estimate of drug-likeness (QED) is 0.915. The lowest BCUT2D eigenvalue weighted by Gasteiger charge is -2.25. The van der Waals surface area contributed by atoms with E-state index in [1.54, 1.807) is 6.26 Å². The summed E-state index contributed by atoms with van der Waals surface area (Å²) in [6, 6.07) is 4.25. The number of hydrogen-bond donors (Lipinski definition) is 1. The number of aromatic nitrogens is 2. The molecular weight excluding hydrogens is 328 g/mol. The Morgan fingerprint density at radius 1 is 1.31 bits per heavy atom. The van der Waals surface area contributed by atoms with Gasteiger partial charge in [0.2, 0.25) is 0 Å². The molecule has 6 heteroatoms. The first-order valence-electron chi connectivity index (χ1n) is 9.82. The van der Waals surface area contributed by atoms with Crippen LogP contribution in [0.25, 0.3) is 0 Å². The second-order valence-electron chi connectivity index (χ2n) is 7.50. The summed E-state index contributed by atoms with van der Waals surface area (Å²) in [5.74, 6) is 1.07. The minimum atomic E-state index is 0.121. The van der Waals surface area contributed by atoms with Gasteiger partial charge in [0.05, 0.1) is 12.8 Å². The van der Waals surface area contributed by atoms with Crippen LogP contribution in [-0.2, 0) is 26.4 Å². The van der Waals surface area contributed by atoms with Crippen LogP contribution >= 0.6 is 0 Å². The number of nitrogens with zero attached hydrogens (tertiary/aromatic N) is 3. The molecule has 2 aromatic heterocycles. The third-order valence-corrected chi connectivity index (χ3v) is 5.70. The summed E-state index contributed by atoms with van der Waals surface area (Å²) in [5.41, 5.74) is 3.04. The van der Waals surface area contributed by atoms with Gasteiger partial charge in [-0.1, -0.05) is 12.8 Å². The van der Waals surface area contributed by atoms with Crippen molar-refractivity contribution in [3.8, 4) is 0 Å². The maximum absolute atomic E-state index is 13.1. The summed E-state index contributed by atoms with van der Waals surface area (Å²) in [6.45, 7) is 2.46. The highest BCUT2D eigenvalue weighted by Crippen LogP contribution is 2.26. The Morgan fingerprint density at radius 2 is 2.12 bits per heavy atom. The van der Waals surface area contributed by atoms with E-state index in [9.17, 15) is 4.79 Å². The zero-order chi connectivity index (χ0) is 17.9. The predicted octanol–water partition coefficient (Wildman–Crippen LogP) is 2.68. The van der Waals surface area contributed by atoms with E-state index < -0.39 is 0 Å². The minimum absolute atomic E-state index is 0.121. The van der Waals surface area contributed by atoms with Crippen molar-refractivity contribution in [3.63, 3.8) is 0 Å². The molecule has 1 amide bonds. The molecule has 1 atom stereocenters. The summed E-state index contributed by atoms with van der Waals surface area (Å²) in [6.07, 6.45) is 9.24. The Hall–Kier alpha value is -2.08. The highest BCUT2D eigenvalue weighted by molar-refractivity contribution is 5.94. The Balaban J connectivity index is 1.49. The Morgan fingerprint density at radius 3 is 2.85 bits per heavy atom. The minimum Gasteiger partial charge on any atom is -0.468 e. The van der Waals surface area contributed by atoms with E-state index in [0.29, 0.717) is 11.7 Å². The molecular formula is C20H28N4O2. The average molecular weight is 356 g/mol. The number of carbonyl (C=O) groups is 1. The Kier molecular flexibility index (Phi) is 5.11. The summed E-state index contributed by atoms with van der Waals surface area (Å²) >= 11 is 0. The van der Waals surface area contributed by atoms with Gasteiger partial charge in [-0.15, -0.1) is 0 Å². The van der Waals surface area contributed by atoms with Crippen molar-refractivity contribution >= 4 is 5.91 Å². The lowest BCUT2D eigenvalue weighted by molar-refractivity contribution is 0.0753. The van der Waals surface area contributed by atoms with Crippen LogP contribution in [0, 0.1) is 0 Å². The van der Waals surface area contributed by atoms with E-state index in [0.717, 1.165) is 63.1 Å². The van der Waals surface area contributed by atoms with Crippen molar-refractivity contribution in [3.05, 3.63) is 41.1 Å². The smallest absolute Gasteiger partial charge is 0.274 e. The second-order valence-corrected chi connectivity index (χ2v) is 7.50. The number of carbonyl (C=O) groups excluding carboxylic acids is 1. The van der Waals surface area contributed by atoms with Crippen LogP contribution in [0.5, 0.6) is 0 Å². The van der Waals surface area contributed by atoms with Gasteiger partial charge in [0.25, 0.3) is 5.91 Å². The van der Waals surface area contributed by atoms with Crippen molar-refractivity contribution < 1.29 is 9.21 Å². The van der Waals surface area contributed by atoms with Crippen LogP contribution in [-0.4, -0.2) is 39.7 Å². The normalized spacial score (nSPS) is 20.7. The molecule has 3 heterocycles. The SMILES string of the molecule is Cn1nc(C(=O)N2CCCCCC2)c2c1CCC(NCc1ccco1)C2. The fraction of sp³-hybridized carbons (Fsp3) is 0.600. The first-order valence-corrected chi connectivity index (χ1v) is 9.82. The number of fused-ring (bicyclic) bond motifs is 1. The molecule has 1 N–H and O–H groups in total. The van der Waals surface area contributed by atoms with E-state index in [1.807, 2.05) is 28.8 Å². The molecule has 2 aliphatic rings. The number of rotatable bonds is 4. The number of furan rings is 1. The molecule has 26 heavy (non-hydrogen) atoms. The summed E-state index contributed by atoms with van der Waals surface area (Å²) in [5, 5.41) is 8.20. The fourth-order valence-corrected chi connectivity index (χ4v) is 4.22. The third kappa shape index (κ3) is 3.56. The fourth-order valence-electron chi connectivity index (χ4n) is 4.22. The molecule has 140 valence electrons. The van der Waals surface area contributed by atoms with Crippen molar-refractivity contribution in [2.45, 2.75) is 57.5 Å². The summed E-state index contributed by atoms with van der Waals surface area (Å²) in [7, 11) is 1.97. The lowest BCUT2D eigenvalue weighted by Crippen LogP contribution is -2.36. The maximum Gasteiger partial charge on any atom is 0.274 e. The molecule has 0 saturated carbocycles. The van der Waals surface area contributed by atoms with Crippen LogP contribution in [0.2, 0.25) is 0 Å². The molecule has 1 aliphatic heterocycles.